The Kier molecular flexibility index (Phi) is 4.09. The van der Waals surface area contributed by atoms with Gasteiger partial charge < -0.3 is 10.1 Å². The Bertz CT molecular complexity index is 831. The Hall–Kier alpha value is -2.16. The number of hydrogen-bond donors (Lipinski definition) is 1. The molecule has 1 aliphatic heterocycles. The quantitative estimate of drug-likeness (QED) is 0.642. The van der Waals surface area contributed by atoms with Crippen LogP contribution in [0.25, 0.3) is 0 Å². The molecule has 4 rings (SSSR count). The third kappa shape index (κ3) is 2.83. The first-order valence-corrected chi connectivity index (χ1v) is 8.76. The van der Waals surface area contributed by atoms with Crippen LogP contribution in [0.2, 0.25) is 0 Å². The average Bonchev–Trinajstić information content (AvgIpc) is 3.10. The van der Waals surface area contributed by atoms with E-state index in [1.54, 1.807) is 7.11 Å². The minimum Gasteiger partial charge on any atom is -0.497 e. The van der Waals surface area contributed by atoms with Crippen molar-refractivity contribution in [2.75, 3.05) is 12.4 Å². The molecule has 24 heavy (non-hydrogen) atoms. The largest absolute Gasteiger partial charge is 0.497 e. The Morgan fingerprint density at radius 2 is 1.79 bits per heavy atom. The molecule has 0 spiro atoms. The van der Waals surface area contributed by atoms with Gasteiger partial charge in [-0.3, -0.25) is 0 Å². The molecule has 2 atom stereocenters. The van der Waals surface area contributed by atoms with Gasteiger partial charge in [-0.15, -0.1) is 0 Å². The summed E-state index contributed by atoms with van der Waals surface area (Å²) in [4.78, 5) is 0. The average molecular weight is 433 g/mol. The van der Waals surface area contributed by atoms with Crippen molar-refractivity contribution in [3.8, 4) is 5.75 Å². The summed E-state index contributed by atoms with van der Waals surface area (Å²) in [5.74, 6) is 1.55. The first-order chi connectivity index (χ1) is 11.7. The van der Waals surface area contributed by atoms with Crippen LogP contribution >= 0.6 is 22.6 Å². The second-order valence-electron chi connectivity index (χ2n) is 5.72. The van der Waals surface area contributed by atoms with E-state index in [2.05, 4.69) is 79.8 Å². The highest BCUT2D eigenvalue weighted by Crippen LogP contribution is 2.37. The van der Waals surface area contributed by atoms with Gasteiger partial charge in [0.2, 0.25) is 5.95 Å². The molecule has 1 aromatic heterocycles. The zero-order chi connectivity index (χ0) is 16.5. The molecule has 7 heteroatoms. The number of benzene rings is 2. The second kappa shape index (κ2) is 6.39. The van der Waals surface area contributed by atoms with Crippen molar-refractivity contribution < 1.29 is 4.74 Å². The Balaban J connectivity index is 1.69. The van der Waals surface area contributed by atoms with Crippen molar-refractivity contribution in [1.82, 2.24) is 20.2 Å². The molecular formula is C17H16IN5O. The van der Waals surface area contributed by atoms with E-state index < -0.39 is 0 Å². The molecule has 6 nitrogen and oxygen atoms in total. The minimum absolute atomic E-state index is 0.0893. The van der Waals surface area contributed by atoms with Crippen LogP contribution in [-0.2, 0) is 0 Å². The molecule has 0 saturated heterocycles. The maximum Gasteiger partial charge on any atom is 0.243 e. The van der Waals surface area contributed by atoms with E-state index in [0.29, 0.717) is 5.95 Å². The number of nitrogens with zero attached hydrogens (tertiary/aromatic N) is 4. The topological polar surface area (TPSA) is 64.9 Å². The molecule has 0 fully saturated rings. The molecular weight excluding hydrogens is 417 g/mol. The lowest BCUT2D eigenvalue weighted by Crippen LogP contribution is -2.28. The van der Waals surface area contributed by atoms with E-state index in [-0.39, 0.29) is 12.1 Å². The van der Waals surface area contributed by atoms with Gasteiger partial charge in [-0.05, 0) is 74.8 Å². The summed E-state index contributed by atoms with van der Waals surface area (Å²) in [6.45, 7) is 0. The molecule has 0 bridgehead atoms. The summed E-state index contributed by atoms with van der Waals surface area (Å²) < 4.78 is 8.33. The van der Waals surface area contributed by atoms with Crippen LogP contribution in [-0.4, -0.2) is 27.3 Å². The Morgan fingerprint density at radius 1 is 1.08 bits per heavy atom. The number of tetrazole rings is 1. The SMILES string of the molecule is COc1ccc([C@H]2C[C@@H](c3ccc(I)cc3)Nc3nnnn32)cc1. The third-order valence-electron chi connectivity index (χ3n) is 4.32. The van der Waals surface area contributed by atoms with E-state index in [1.165, 1.54) is 14.7 Å². The standard InChI is InChI=1S/C17H16IN5O/c1-24-14-8-4-12(5-9-14)16-10-15(11-2-6-13(18)7-3-11)19-17-20-21-22-23(16)17/h2-9,15-16H,10H2,1H3,(H,19,20,22)/t15-,16+/m0/s1. The maximum atomic E-state index is 5.25. The van der Waals surface area contributed by atoms with Crippen LogP contribution in [0, 0.1) is 3.57 Å². The van der Waals surface area contributed by atoms with Crippen molar-refractivity contribution in [2.24, 2.45) is 0 Å². The van der Waals surface area contributed by atoms with Crippen molar-refractivity contribution >= 4 is 28.5 Å². The first kappa shape index (κ1) is 15.4. The van der Waals surface area contributed by atoms with Gasteiger partial charge >= 0.3 is 0 Å². The van der Waals surface area contributed by atoms with Crippen LogP contribution in [0.4, 0.5) is 5.95 Å². The van der Waals surface area contributed by atoms with E-state index >= 15 is 0 Å². The second-order valence-corrected chi connectivity index (χ2v) is 6.97. The number of rotatable bonds is 3. The monoisotopic (exact) mass is 433 g/mol. The maximum absolute atomic E-state index is 5.25. The van der Waals surface area contributed by atoms with Gasteiger partial charge in [-0.2, -0.15) is 0 Å². The number of nitrogens with one attached hydrogen (secondary N) is 1. The number of fused-ring (bicyclic) bond motifs is 1. The zero-order valence-corrected chi connectivity index (χ0v) is 15.2. The van der Waals surface area contributed by atoms with E-state index in [4.69, 9.17) is 4.74 Å². The van der Waals surface area contributed by atoms with Crippen LogP contribution < -0.4 is 10.1 Å². The Morgan fingerprint density at radius 3 is 2.50 bits per heavy atom. The van der Waals surface area contributed by atoms with E-state index in [0.717, 1.165) is 12.2 Å². The number of methoxy groups -OCH3 is 1. The predicted octanol–water partition coefficient (Wildman–Crippen LogP) is 3.43. The van der Waals surface area contributed by atoms with Gasteiger partial charge in [0.25, 0.3) is 0 Å². The van der Waals surface area contributed by atoms with Gasteiger partial charge in [-0.25, -0.2) is 4.68 Å². The lowest BCUT2D eigenvalue weighted by Gasteiger charge is -2.31. The molecule has 2 heterocycles. The van der Waals surface area contributed by atoms with Gasteiger partial charge in [0, 0.05) is 3.57 Å². The molecule has 1 aliphatic rings. The summed E-state index contributed by atoms with van der Waals surface area (Å²) in [6.07, 6.45) is 0.880. The summed E-state index contributed by atoms with van der Waals surface area (Å²) in [7, 11) is 1.67. The number of halogens is 1. The number of ether oxygens (including phenoxy) is 1. The van der Waals surface area contributed by atoms with Crippen LogP contribution in [0.15, 0.2) is 48.5 Å². The Labute approximate surface area is 153 Å². The minimum atomic E-state index is 0.0893. The fourth-order valence-corrected chi connectivity index (χ4v) is 3.41. The molecule has 0 radical (unpaired) electrons. The summed E-state index contributed by atoms with van der Waals surface area (Å²) in [6, 6.07) is 16.9. The van der Waals surface area contributed by atoms with Crippen molar-refractivity contribution in [2.45, 2.75) is 18.5 Å². The first-order valence-electron chi connectivity index (χ1n) is 7.68. The molecule has 0 saturated carbocycles. The number of aromatic nitrogens is 4. The highest BCUT2D eigenvalue weighted by molar-refractivity contribution is 14.1. The van der Waals surface area contributed by atoms with E-state index in [1.807, 2.05) is 16.8 Å². The van der Waals surface area contributed by atoms with Gasteiger partial charge in [-0.1, -0.05) is 29.4 Å². The smallest absolute Gasteiger partial charge is 0.243 e. The van der Waals surface area contributed by atoms with Crippen LogP contribution in [0.3, 0.4) is 0 Å². The highest BCUT2D eigenvalue weighted by atomic mass is 127. The predicted molar refractivity (Wildman–Crippen MR) is 99.1 cm³/mol. The summed E-state index contributed by atoms with van der Waals surface area (Å²) >= 11 is 2.32. The lowest BCUT2D eigenvalue weighted by atomic mass is 9.93. The molecule has 0 unspecified atom stereocenters. The van der Waals surface area contributed by atoms with Gasteiger partial charge in [0.15, 0.2) is 0 Å². The van der Waals surface area contributed by atoms with Crippen molar-refractivity contribution in [3.63, 3.8) is 0 Å². The molecule has 2 aromatic carbocycles. The highest BCUT2D eigenvalue weighted by Gasteiger charge is 2.30. The number of anilines is 1. The molecule has 3 aromatic rings. The summed E-state index contributed by atoms with van der Waals surface area (Å²) in [5.41, 5.74) is 2.41. The van der Waals surface area contributed by atoms with Crippen LogP contribution in [0.5, 0.6) is 5.75 Å². The van der Waals surface area contributed by atoms with E-state index in [9.17, 15) is 0 Å². The molecule has 1 N–H and O–H groups in total. The zero-order valence-electron chi connectivity index (χ0n) is 13.1. The fourth-order valence-electron chi connectivity index (χ4n) is 3.05. The molecule has 0 amide bonds. The van der Waals surface area contributed by atoms with Gasteiger partial charge in [0.1, 0.15) is 5.75 Å². The number of hydrogen-bond acceptors (Lipinski definition) is 5. The van der Waals surface area contributed by atoms with Crippen molar-refractivity contribution in [1.29, 1.82) is 0 Å². The molecule has 122 valence electrons. The lowest BCUT2D eigenvalue weighted by molar-refractivity contribution is 0.410. The van der Waals surface area contributed by atoms with Crippen LogP contribution in [0.1, 0.15) is 29.6 Å². The third-order valence-corrected chi connectivity index (χ3v) is 5.04. The summed E-state index contributed by atoms with van der Waals surface area (Å²) in [5, 5.41) is 15.5. The normalized spacial score (nSPS) is 19.4. The van der Waals surface area contributed by atoms with Crippen molar-refractivity contribution in [3.05, 3.63) is 63.2 Å². The fraction of sp³-hybridized carbons (Fsp3) is 0.235. The molecule has 0 aliphatic carbocycles. The van der Waals surface area contributed by atoms with Gasteiger partial charge in [0.05, 0.1) is 19.2 Å².